The van der Waals surface area contributed by atoms with Crippen molar-refractivity contribution < 1.29 is 4.52 Å². The van der Waals surface area contributed by atoms with E-state index in [2.05, 4.69) is 25.7 Å². The smallest absolute Gasteiger partial charge is 0.259 e. The summed E-state index contributed by atoms with van der Waals surface area (Å²) in [6.45, 7) is 4.32. The van der Waals surface area contributed by atoms with Gasteiger partial charge in [0.15, 0.2) is 5.82 Å². The topological polar surface area (TPSA) is 76.7 Å². The maximum Gasteiger partial charge on any atom is 0.259 e. The molecule has 16 heavy (non-hydrogen) atoms. The van der Waals surface area contributed by atoms with Crippen molar-refractivity contribution in [1.82, 2.24) is 25.7 Å². The van der Waals surface area contributed by atoms with Crippen molar-refractivity contribution in [2.24, 2.45) is 0 Å². The zero-order valence-electron chi connectivity index (χ0n) is 9.48. The van der Waals surface area contributed by atoms with Gasteiger partial charge in [-0.1, -0.05) is 5.16 Å². The Hall–Kier alpha value is -1.82. The largest absolute Gasteiger partial charge is 0.334 e. The van der Waals surface area contributed by atoms with Crippen LogP contribution in [-0.2, 0) is 6.54 Å². The molecule has 6 heteroatoms. The average molecular weight is 219 g/mol. The lowest BCUT2D eigenvalue weighted by molar-refractivity contribution is 0.420. The molecule has 0 saturated carbocycles. The zero-order chi connectivity index (χ0) is 11.5. The molecule has 0 atom stereocenters. The number of aryl methyl sites for hydroxylation is 2. The number of rotatable bonds is 3. The van der Waals surface area contributed by atoms with E-state index in [-0.39, 0.29) is 0 Å². The van der Waals surface area contributed by atoms with Crippen molar-refractivity contribution in [3.8, 4) is 11.5 Å². The first-order valence-corrected chi connectivity index (χ1v) is 4.99. The fourth-order valence-electron chi connectivity index (χ4n) is 1.36. The van der Waals surface area contributed by atoms with Crippen LogP contribution in [0.1, 0.15) is 17.2 Å². The van der Waals surface area contributed by atoms with Crippen molar-refractivity contribution in [1.29, 1.82) is 0 Å². The Morgan fingerprint density at radius 3 is 2.88 bits per heavy atom. The minimum Gasteiger partial charge on any atom is -0.334 e. The van der Waals surface area contributed by atoms with Gasteiger partial charge in [0.25, 0.3) is 5.89 Å². The Kier molecular flexibility index (Phi) is 2.91. The first-order valence-electron chi connectivity index (χ1n) is 4.99. The Balaban J connectivity index is 2.38. The summed E-state index contributed by atoms with van der Waals surface area (Å²) in [5.74, 6) is 1.12. The highest BCUT2D eigenvalue weighted by Gasteiger charge is 2.12. The van der Waals surface area contributed by atoms with Crippen molar-refractivity contribution in [3.05, 3.63) is 23.3 Å². The van der Waals surface area contributed by atoms with Gasteiger partial charge in [-0.3, -0.25) is 0 Å². The molecular formula is C10H13N5O. The Bertz CT molecular complexity index is 494. The summed E-state index contributed by atoms with van der Waals surface area (Å²) < 4.78 is 5.17. The van der Waals surface area contributed by atoms with Gasteiger partial charge < -0.3 is 9.84 Å². The van der Waals surface area contributed by atoms with Crippen LogP contribution in [0, 0.1) is 13.8 Å². The molecule has 1 N–H and O–H groups in total. The summed E-state index contributed by atoms with van der Waals surface area (Å²) in [5.41, 5.74) is 2.45. The first kappa shape index (κ1) is 10.7. The van der Waals surface area contributed by atoms with Gasteiger partial charge >= 0.3 is 0 Å². The SMILES string of the molecule is CNCc1noc(-c2cc(C)nnc2C)n1. The fraction of sp³-hybridized carbons (Fsp3) is 0.400. The lowest BCUT2D eigenvalue weighted by atomic mass is 10.2. The summed E-state index contributed by atoms with van der Waals surface area (Å²) in [6, 6.07) is 1.89. The molecule has 6 nitrogen and oxygen atoms in total. The Labute approximate surface area is 93.1 Å². The van der Waals surface area contributed by atoms with E-state index in [1.165, 1.54) is 0 Å². The third kappa shape index (κ3) is 2.06. The molecule has 0 aliphatic carbocycles. The molecule has 0 aliphatic heterocycles. The summed E-state index contributed by atoms with van der Waals surface area (Å²) in [5, 5.41) is 14.8. The van der Waals surface area contributed by atoms with Crippen molar-refractivity contribution in [3.63, 3.8) is 0 Å². The maximum absolute atomic E-state index is 5.17. The summed E-state index contributed by atoms with van der Waals surface area (Å²) in [6.07, 6.45) is 0. The highest BCUT2D eigenvalue weighted by molar-refractivity contribution is 5.55. The van der Waals surface area contributed by atoms with Crippen LogP contribution in [0.2, 0.25) is 0 Å². The van der Waals surface area contributed by atoms with E-state index in [9.17, 15) is 0 Å². The van der Waals surface area contributed by atoms with Crippen LogP contribution in [0.3, 0.4) is 0 Å². The third-order valence-corrected chi connectivity index (χ3v) is 2.13. The fourth-order valence-corrected chi connectivity index (χ4v) is 1.36. The molecular weight excluding hydrogens is 206 g/mol. The van der Waals surface area contributed by atoms with E-state index in [1.54, 1.807) is 0 Å². The quantitative estimate of drug-likeness (QED) is 0.825. The predicted octanol–water partition coefficient (Wildman–Crippen LogP) is 0.863. The molecule has 2 aromatic rings. The maximum atomic E-state index is 5.17. The second-order valence-corrected chi connectivity index (χ2v) is 3.53. The van der Waals surface area contributed by atoms with Gasteiger partial charge in [0, 0.05) is 0 Å². The van der Waals surface area contributed by atoms with Crippen LogP contribution in [0.5, 0.6) is 0 Å². The summed E-state index contributed by atoms with van der Waals surface area (Å²) in [7, 11) is 1.83. The number of aromatic nitrogens is 4. The van der Waals surface area contributed by atoms with Gasteiger partial charge in [-0.2, -0.15) is 15.2 Å². The molecule has 0 saturated heterocycles. The van der Waals surface area contributed by atoms with E-state index in [0.717, 1.165) is 17.0 Å². The number of nitrogens with zero attached hydrogens (tertiary/aromatic N) is 4. The second kappa shape index (κ2) is 4.36. The van der Waals surface area contributed by atoms with Gasteiger partial charge in [0.1, 0.15) is 0 Å². The lowest BCUT2D eigenvalue weighted by Crippen LogP contribution is -2.06. The first-order chi connectivity index (χ1) is 7.70. The number of hydrogen-bond acceptors (Lipinski definition) is 6. The number of hydrogen-bond donors (Lipinski definition) is 1. The van der Waals surface area contributed by atoms with E-state index < -0.39 is 0 Å². The van der Waals surface area contributed by atoms with Crippen LogP contribution in [-0.4, -0.2) is 27.4 Å². The van der Waals surface area contributed by atoms with Crippen molar-refractivity contribution in [2.75, 3.05) is 7.05 Å². The molecule has 0 fully saturated rings. The van der Waals surface area contributed by atoms with E-state index in [4.69, 9.17) is 4.52 Å². The average Bonchev–Trinajstić information content (AvgIpc) is 2.71. The van der Waals surface area contributed by atoms with Gasteiger partial charge in [-0.05, 0) is 27.0 Å². The Morgan fingerprint density at radius 2 is 2.12 bits per heavy atom. The van der Waals surface area contributed by atoms with Gasteiger partial charge in [0.05, 0.1) is 23.5 Å². The third-order valence-electron chi connectivity index (χ3n) is 2.13. The molecule has 0 amide bonds. The normalized spacial score (nSPS) is 10.7. The predicted molar refractivity (Wildman–Crippen MR) is 57.6 cm³/mol. The highest BCUT2D eigenvalue weighted by atomic mass is 16.5. The molecule has 84 valence electrons. The van der Waals surface area contributed by atoms with Gasteiger partial charge in [0.2, 0.25) is 0 Å². The second-order valence-electron chi connectivity index (χ2n) is 3.53. The molecule has 2 aromatic heterocycles. The molecule has 0 aliphatic rings. The van der Waals surface area contributed by atoms with Crippen LogP contribution in [0.15, 0.2) is 10.6 Å². The zero-order valence-corrected chi connectivity index (χ0v) is 9.48. The molecule has 0 aromatic carbocycles. The minimum atomic E-state index is 0.487. The standard InChI is InChI=1S/C10H13N5O/c1-6-4-8(7(2)14-13-6)10-12-9(5-11-3)15-16-10/h4,11H,5H2,1-3H3. The van der Waals surface area contributed by atoms with Crippen LogP contribution >= 0.6 is 0 Å². The molecule has 0 spiro atoms. The van der Waals surface area contributed by atoms with Crippen LogP contribution in [0.25, 0.3) is 11.5 Å². The van der Waals surface area contributed by atoms with Gasteiger partial charge in [-0.25, -0.2) is 0 Å². The van der Waals surface area contributed by atoms with E-state index in [0.29, 0.717) is 18.3 Å². The summed E-state index contributed by atoms with van der Waals surface area (Å²) in [4.78, 5) is 4.26. The molecule has 2 heterocycles. The Morgan fingerprint density at radius 1 is 1.31 bits per heavy atom. The number of nitrogens with one attached hydrogen (secondary N) is 1. The molecule has 2 rings (SSSR count). The molecule has 0 bridgehead atoms. The van der Waals surface area contributed by atoms with Crippen molar-refractivity contribution in [2.45, 2.75) is 20.4 Å². The summed E-state index contributed by atoms with van der Waals surface area (Å²) >= 11 is 0. The highest BCUT2D eigenvalue weighted by Crippen LogP contribution is 2.19. The lowest BCUT2D eigenvalue weighted by Gasteiger charge is -1.98. The van der Waals surface area contributed by atoms with E-state index in [1.807, 2.05) is 27.0 Å². The van der Waals surface area contributed by atoms with E-state index >= 15 is 0 Å². The van der Waals surface area contributed by atoms with Gasteiger partial charge in [-0.15, -0.1) is 0 Å². The van der Waals surface area contributed by atoms with Crippen LogP contribution in [0.4, 0.5) is 0 Å². The minimum absolute atomic E-state index is 0.487. The molecule has 0 radical (unpaired) electrons. The monoisotopic (exact) mass is 219 g/mol. The molecule has 0 unspecified atom stereocenters. The van der Waals surface area contributed by atoms with Crippen LogP contribution < -0.4 is 5.32 Å². The van der Waals surface area contributed by atoms with Crippen molar-refractivity contribution >= 4 is 0 Å².